The monoisotopic (exact) mass is 384 g/mol. The lowest BCUT2D eigenvalue weighted by atomic mass is 10.0. The molecule has 0 saturated heterocycles. The second-order valence-corrected chi connectivity index (χ2v) is 7.35. The Hall–Kier alpha value is -3.17. The second-order valence-electron chi connectivity index (χ2n) is 5.79. The SMILES string of the molecule is CCOc1cc(-c2nn3ccccc3c2-c2ccc(S(N)(=O)=O)cc2)no1. The molecule has 0 amide bonds. The highest BCUT2D eigenvalue weighted by Gasteiger charge is 2.20. The van der Waals surface area contributed by atoms with E-state index in [1.165, 1.54) is 12.1 Å². The number of nitrogens with zero attached hydrogens (tertiary/aromatic N) is 3. The normalized spacial score (nSPS) is 11.8. The van der Waals surface area contributed by atoms with Crippen molar-refractivity contribution >= 4 is 15.5 Å². The molecule has 0 unspecified atom stereocenters. The Bertz CT molecular complexity index is 1210. The van der Waals surface area contributed by atoms with Gasteiger partial charge in [-0.25, -0.2) is 18.1 Å². The highest BCUT2D eigenvalue weighted by Crippen LogP contribution is 2.36. The van der Waals surface area contributed by atoms with Crippen LogP contribution in [0.4, 0.5) is 0 Å². The summed E-state index contributed by atoms with van der Waals surface area (Å²) in [7, 11) is -3.76. The van der Waals surface area contributed by atoms with E-state index >= 15 is 0 Å². The predicted molar refractivity (Wildman–Crippen MR) is 98.7 cm³/mol. The van der Waals surface area contributed by atoms with Crippen molar-refractivity contribution in [3.8, 4) is 28.5 Å². The molecule has 0 fully saturated rings. The molecular formula is C18H16N4O4S. The van der Waals surface area contributed by atoms with Crippen molar-refractivity contribution in [3.05, 3.63) is 54.7 Å². The van der Waals surface area contributed by atoms with Crippen LogP contribution in [-0.4, -0.2) is 29.8 Å². The van der Waals surface area contributed by atoms with Gasteiger partial charge in [0.05, 0.1) is 23.1 Å². The summed E-state index contributed by atoms with van der Waals surface area (Å²) in [5, 5.41) is 13.8. The predicted octanol–water partition coefficient (Wildman–Crippen LogP) is 2.70. The zero-order chi connectivity index (χ0) is 19.0. The third-order valence-electron chi connectivity index (χ3n) is 4.03. The lowest BCUT2D eigenvalue weighted by Crippen LogP contribution is -2.11. The maximum Gasteiger partial charge on any atom is 0.311 e. The first kappa shape index (κ1) is 17.3. The molecule has 0 aliphatic heterocycles. The number of hydrogen-bond acceptors (Lipinski definition) is 6. The molecule has 0 atom stereocenters. The number of sulfonamides is 1. The summed E-state index contributed by atoms with van der Waals surface area (Å²) < 4.78 is 35.3. The van der Waals surface area contributed by atoms with E-state index in [0.717, 1.165) is 16.6 Å². The summed E-state index contributed by atoms with van der Waals surface area (Å²) in [6.45, 7) is 2.31. The van der Waals surface area contributed by atoms with Crippen molar-refractivity contribution in [1.82, 2.24) is 14.8 Å². The van der Waals surface area contributed by atoms with E-state index in [9.17, 15) is 8.42 Å². The molecule has 4 rings (SSSR count). The van der Waals surface area contributed by atoms with Gasteiger partial charge in [-0.2, -0.15) is 5.10 Å². The standard InChI is InChI=1S/C18H16N4O4S/c1-2-25-16-11-14(21-26-16)18-17(15-5-3-4-10-22(15)20-18)12-6-8-13(9-7-12)27(19,23)24/h3-11H,2H2,1H3,(H2,19,23,24). The Balaban J connectivity index is 1.90. The van der Waals surface area contributed by atoms with E-state index in [0.29, 0.717) is 23.9 Å². The lowest BCUT2D eigenvalue weighted by molar-refractivity contribution is 0.226. The van der Waals surface area contributed by atoms with Gasteiger partial charge >= 0.3 is 5.95 Å². The minimum absolute atomic E-state index is 0.0457. The topological polar surface area (TPSA) is 113 Å². The molecule has 8 nitrogen and oxygen atoms in total. The van der Waals surface area contributed by atoms with Gasteiger partial charge in [-0.05, 0) is 36.8 Å². The van der Waals surface area contributed by atoms with Crippen LogP contribution >= 0.6 is 0 Å². The summed E-state index contributed by atoms with van der Waals surface area (Å²) in [6.07, 6.45) is 1.82. The van der Waals surface area contributed by atoms with E-state index in [4.69, 9.17) is 14.4 Å². The van der Waals surface area contributed by atoms with E-state index in [1.807, 2.05) is 31.3 Å². The van der Waals surface area contributed by atoms with Gasteiger partial charge in [-0.3, -0.25) is 0 Å². The number of ether oxygens (including phenoxy) is 1. The fourth-order valence-electron chi connectivity index (χ4n) is 2.85. The van der Waals surface area contributed by atoms with E-state index in [-0.39, 0.29) is 4.90 Å². The number of benzene rings is 1. The first-order chi connectivity index (χ1) is 13.0. The van der Waals surface area contributed by atoms with Crippen LogP contribution in [0.5, 0.6) is 5.95 Å². The lowest BCUT2D eigenvalue weighted by Gasteiger charge is -2.04. The van der Waals surface area contributed by atoms with Crippen molar-refractivity contribution < 1.29 is 17.7 Å². The Morgan fingerprint density at radius 1 is 1.19 bits per heavy atom. The second kappa shape index (κ2) is 6.53. The minimum atomic E-state index is -3.76. The van der Waals surface area contributed by atoms with Gasteiger partial charge in [0.25, 0.3) is 0 Å². The molecular weight excluding hydrogens is 368 g/mol. The van der Waals surface area contributed by atoms with Crippen LogP contribution in [0.1, 0.15) is 6.92 Å². The van der Waals surface area contributed by atoms with Crippen LogP contribution < -0.4 is 9.88 Å². The molecule has 0 aliphatic rings. The fourth-order valence-corrected chi connectivity index (χ4v) is 3.37. The van der Waals surface area contributed by atoms with Crippen LogP contribution in [0.3, 0.4) is 0 Å². The number of pyridine rings is 1. The quantitative estimate of drug-likeness (QED) is 0.566. The molecule has 3 aromatic heterocycles. The molecule has 138 valence electrons. The van der Waals surface area contributed by atoms with Gasteiger partial charge in [-0.1, -0.05) is 23.4 Å². The zero-order valence-electron chi connectivity index (χ0n) is 14.4. The molecule has 0 bridgehead atoms. The van der Waals surface area contributed by atoms with Gasteiger partial charge in [0.15, 0.2) is 0 Å². The van der Waals surface area contributed by atoms with E-state index < -0.39 is 10.0 Å². The summed E-state index contributed by atoms with van der Waals surface area (Å²) in [5.41, 5.74) is 3.54. The Kier molecular flexibility index (Phi) is 4.17. The number of hydrogen-bond donors (Lipinski definition) is 1. The largest absolute Gasteiger partial charge is 0.464 e. The van der Waals surface area contributed by atoms with Gasteiger partial charge in [-0.15, -0.1) is 0 Å². The van der Waals surface area contributed by atoms with Crippen molar-refractivity contribution in [2.75, 3.05) is 6.61 Å². The molecule has 3 heterocycles. The summed E-state index contributed by atoms with van der Waals surface area (Å²) in [4.78, 5) is 0.0457. The van der Waals surface area contributed by atoms with Gasteiger partial charge < -0.3 is 9.26 Å². The number of primary sulfonamides is 1. The zero-order valence-corrected chi connectivity index (χ0v) is 15.2. The van der Waals surface area contributed by atoms with Crippen LogP contribution in [0.15, 0.2) is 64.1 Å². The molecule has 0 radical (unpaired) electrons. The van der Waals surface area contributed by atoms with Crippen LogP contribution in [-0.2, 0) is 10.0 Å². The maximum absolute atomic E-state index is 11.5. The van der Waals surface area contributed by atoms with Crippen molar-refractivity contribution in [1.29, 1.82) is 0 Å². The summed E-state index contributed by atoms with van der Waals surface area (Å²) >= 11 is 0. The van der Waals surface area contributed by atoms with Crippen LogP contribution in [0.2, 0.25) is 0 Å². The van der Waals surface area contributed by atoms with Crippen LogP contribution in [0, 0.1) is 0 Å². The maximum atomic E-state index is 11.5. The van der Waals surface area contributed by atoms with Crippen molar-refractivity contribution in [2.24, 2.45) is 5.14 Å². The Morgan fingerprint density at radius 3 is 2.67 bits per heavy atom. The van der Waals surface area contributed by atoms with Crippen molar-refractivity contribution in [2.45, 2.75) is 11.8 Å². The number of rotatable bonds is 5. The third kappa shape index (κ3) is 3.18. The minimum Gasteiger partial charge on any atom is -0.464 e. The first-order valence-corrected chi connectivity index (χ1v) is 9.72. The third-order valence-corrected chi connectivity index (χ3v) is 4.96. The molecule has 9 heteroatoms. The number of fused-ring (bicyclic) bond motifs is 1. The molecule has 0 aliphatic carbocycles. The average Bonchev–Trinajstić information content (AvgIpc) is 3.25. The summed E-state index contributed by atoms with van der Waals surface area (Å²) in [5.74, 6) is 0.306. The molecule has 0 saturated carbocycles. The van der Waals surface area contributed by atoms with E-state index in [2.05, 4.69) is 10.3 Å². The molecule has 0 spiro atoms. The first-order valence-electron chi connectivity index (χ1n) is 8.18. The van der Waals surface area contributed by atoms with E-state index in [1.54, 1.807) is 22.7 Å². The van der Waals surface area contributed by atoms with Gasteiger partial charge in [0.2, 0.25) is 10.0 Å². The smallest absolute Gasteiger partial charge is 0.311 e. The van der Waals surface area contributed by atoms with Gasteiger partial charge in [0, 0.05) is 11.8 Å². The molecule has 27 heavy (non-hydrogen) atoms. The highest BCUT2D eigenvalue weighted by atomic mass is 32.2. The van der Waals surface area contributed by atoms with Crippen molar-refractivity contribution in [3.63, 3.8) is 0 Å². The average molecular weight is 384 g/mol. The molecule has 4 aromatic rings. The number of nitrogens with two attached hydrogens (primary N) is 1. The molecule has 1 aromatic carbocycles. The summed E-state index contributed by atoms with van der Waals surface area (Å²) in [6, 6.07) is 13.7. The highest BCUT2D eigenvalue weighted by molar-refractivity contribution is 7.89. The van der Waals surface area contributed by atoms with Gasteiger partial charge in [0.1, 0.15) is 11.4 Å². The number of aromatic nitrogens is 3. The van der Waals surface area contributed by atoms with Crippen LogP contribution in [0.25, 0.3) is 28.0 Å². The Labute approximate surface area is 155 Å². The molecule has 2 N–H and O–H groups in total. The fraction of sp³-hybridized carbons (Fsp3) is 0.111. The Morgan fingerprint density at radius 2 is 1.96 bits per heavy atom.